The predicted octanol–water partition coefficient (Wildman–Crippen LogP) is 2.71. The molecule has 2 N–H and O–H groups in total. The number of quaternary nitrogens is 1. The van der Waals surface area contributed by atoms with E-state index in [4.69, 9.17) is 21.1 Å². The van der Waals surface area contributed by atoms with Gasteiger partial charge in [-0.05, 0) is 49.7 Å². The number of rotatable bonds is 7. The molecule has 26 heavy (non-hydrogen) atoms. The molecule has 2 aromatic rings. The lowest BCUT2D eigenvalue weighted by Gasteiger charge is -2.22. The maximum absolute atomic E-state index is 12.5. The molecule has 0 heterocycles. The third-order valence-corrected chi connectivity index (χ3v) is 4.77. The van der Waals surface area contributed by atoms with Crippen LogP contribution in [0.1, 0.15) is 18.1 Å². The number of anilines is 1. The van der Waals surface area contributed by atoms with E-state index in [0.717, 1.165) is 16.0 Å². The molecule has 2 rings (SSSR count). The Labute approximate surface area is 159 Å². The summed E-state index contributed by atoms with van der Waals surface area (Å²) < 4.78 is 10.7. The minimum atomic E-state index is -0.235. The van der Waals surface area contributed by atoms with Gasteiger partial charge in [-0.25, -0.2) is 0 Å². The standard InChI is InChI=1S/C20H25ClN2O3/c1-13-9-18(25-4)19(26-5)10-15(13)12-23(3)14(2)20(24)22-17-8-6-7-16(21)11-17/h6-11,14H,12H2,1-5H3,(H,22,24)/p+1/t14-/m1/s1. The number of likely N-dealkylation sites (N-methyl/N-ethyl adjacent to an activating group) is 1. The van der Waals surface area contributed by atoms with Gasteiger partial charge in [-0.2, -0.15) is 0 Å². The number of hydrogen-bond acceptors (Lipinski definition) is 3. The van der Waals surface area contributed by atoms with Gasteiger partial charge in [0.2, 0.25) is 0 Å². The second-order valence-corrected chi connectivity index (χ2v) is 6.81. The highest BCUT2D eigenvalue weighted by molar-refractivity contribution is 6.30. The predicted molar refractivity (Wildman–Crippen MR) is 104 cm³/mol. The molecule has 0 aliphatic heterocycles. The molecule has 0 spiro atoms. The van der Waals surface area contributed by atoms with E-state index in [0.29, 0.717) is 28.8 Å². The molecule has 0 aromatic heterocycles. The molecule has 2 aromatic carbocycles. The van der Waals surface area contributed by atoms with Crippen molar-refractivity contribution in [1.29, 1.82) is 0 Å². The molecule has 0 aliphatic carbocycles. The van der Waals surface area contributed by atoms with Crippen LogP contribution in [0.4, 0.5) is 5.69 Å². The number of nitrogens with one attached hydrogen (secondary N) is 2. The van der Waals surface area contributed by atoms with Crippen LogP contribution >= 0.6 is 11.6 Å². The summed E-state index contributed by atoms with van der Waals surface area (Å²) in [7, 11) is 5.24. The fourth-order valence-corrected chi connectivity index (χ4v) is 2.90. The number of halogens is 1. The molecular formula is C20H26ClN2O3+. The van der Waals surface area contributed by atoms with Gasteiger partial charge in [0, 0.05) is 16.3 Å². The van der Waals surface area contributed by atoms with E-state index in [1.807, 2.05) is 45.2 Å². The van der Waals surface area contributed by atoms with Gasteiger partial charge in [0.25, 0.3) is 5.91 Å². The molecule has 0 fully saturated rings. The van der Waals surface area contributed by atoms with Crippen molar-refractivity contribution in [2.75, 3.05) is 26.6 Å². The van der Waals surface area contributed by atoms with Gasteiger partial charge >= 0.3 is 0 Å². The Balaban J connectivity index is 2.08. The number of methoxy groups -OCH3 is 2. The maximum atomic E-state index is 12.5. The summed E-state index contributed by atoms with van der Waals surface area (Å²) in [6.45, 7) is 4.63. The van der Waals surface area contributed by atoms with Crippen molar-refractivity contribution in [2.45, 2.75) is 26.4 Å². The Morgan fingerprint density at radius 1 is 1.19 bits per heavy atom. The highest BCUT2D eigenvalue weighted by Gasteiger charge is 2.23. The molecule has 140 valence electrons. The minimum absolute atomic E-state index is 0.0529. The molecule has 0 radical (unpaired) electrons. The van der Waals surface area contributed by atoms with Crippen molar-refractivity contribution in [3.05, 3.63) is 52.5 Å². The Kier molecular flexibility index (Phi) is 6.89. The molecular weight excluding hydrogens is 352 g/mol. The second-order valence-electron chi connectivity index (χ2n) is 6.38. The van der Waals surface area contributed by atoms with Gasteiger partial charge in [0.05, 0.1) is 21.3 Å². The Morgan fingerprint density at radius 3 is 2.46 bits per heavy atom. The molecule has 0 saturated carbocycles. The topological polar surface area (TPSA) is 52.0 Å². The van der Waals surface area contributed by atoms with Crippen LogP contribution in [0.2, 0.25) is 5.02 Å². The summed E-state index contributed by atoms with van der Waals surface area (Å²) in [6, 6.07) is 10.8. The number of ether oxygens (including phenoxy) is 2. The van der Waals surface area contributed by atoms with Crippen LogP contribution in [0, 0.1) is 6.92 Å². The normalized spacial score (nSPS) is 13.0. The zero-order valence-electron chi connectivity index (χ0n) is 15.9. The van der Waals surface area contributed by atoms with Crippen LogP contribution in [0.25, 0.3) is 0 Å². The summed E-state index contributed by atoms with van der Waals surface area (Å²) >= 11 is 5.97. The van der Waals surface area contributed by atoms with Crippen LogP contribution in [-0.4, -0.2) is 33.2 Å². The van der Waals surface area contributed by atoms with Crippen LogP contribution in [-0.2, 0) is 11.3 Å². The van der Waals surface area contributed by atoms with Crippen LogP contribution in [0.5, 0.6) is 11.5 Å². The lowest BCUT2D eigenvalue weighted by molar-refractivity contribution is -0.907. The summed E-state index contributed by atoms with van der Waals surface area (Å²) in [5, 5.41) is 3.51. The first-order valence-corrected chi connectivity index (χ1v) is 8.83. The fraction of sp³-hybridized carbons (Fsp3) is 0.350. The van der Waals surface area contributed by atoms with E-state index >= 15 is 0 Å². The van der Waals surface area contributed by atoms with Gasteiger partial charge in [-0.1, -0.05) is 17.7 Å². The minimum Gasteiger partial charge on any atom is -0.493 e. The van der Waals surface area contributed by atoms with E-state index in [1.54, 1.807) is 26.4 Å². The maximum Gasteiger partial charge on any atom is 0.282 e. The number of hydrogen-bond donors (Lipinski definition) is 2. The van der Waals surface area contributed by atoms with E-state index < -0.39 is 0 Å². The van der Waals surface area contributed by atoms with Crippen LogP contribution < -0.4 is 19.7 Å². The first-order valence-electron chi connectivity index (χ1n) is 8.46. The molecule has 6 heteroatoms. The van der Waals surface area contributed by atoms with Crippen LogP contribution in [0.3, 0.4) is 0 Å². The molecule has 0 bridgehead atoms. The summed E-state index contributed by atoms with van der Waals surface area (Å²) in [4.78, 5) is 13.6. The van der Waals surface area contributed by atoms with E-state index in [-0.39, 0.29) is 11.9 Å². The summed E-state index contributed by atoms with van der Waals surface area (Å²) in [6.07, 6.45) is 0. The summed E-state index contributed by atoms with van der Waals surface area (Å²) in [5.41, 5.74) is 2.91. The van der Waals surface area contributed by atoms with Gasteiger partial charge < -0.3 is 19.7 Å². The number of carbonyl (C=O) groups is 1. The zero-order chi connectivity index (χ0) is 19.3. The van der Waals surface area contributed by atoms with Crippen molar-refractivity contribution >= 4 is 23.2 Å². The Bertz CT molecular complexity index is 780. The molecule has 1 amide bonds. The van der Waals surface area contributed by atoms with E-state index in [1.165, 1.54) is 0 Å². The van der Waals surface area contributed by atoms with Gasteiger partial charge in [0.1, 0.15) is 6.54 Å². The number of amides is 1. The fourth-order valence-electron chi connectivity index (χ4n) is 2.71. The highest BCUT2D eigenvalue weighted by atomic mass is 35.5. The Hall–Kier alpha value is -2.24. The number of benzene rings is 2. The molecule has 5 nitrogen and oxygen atoms in total. The first kappa shape index (κ1) is 20.1. The quantitative estimate of drug-likeness (QED) is 0.780. The van der Waals surface area contributed by atoms with E-state index in [2.05, 4.69) is 5.32 Å². The third-order valence-electron chi connectivity index (χ3n) is 4.54. The average Bonchev–Trinajstić information content (AvgIpc) is 2.62. The van der Waals surface area contributed by atoms with Crippen LogP contribution in [0.15, 0.2) is 36.4 Å². The zero-order valence-corrected chi connectivity index (χ0v) is 16.6. The van der Waals surface area contributed by atoms with Crippen molar-refractivity contribution in [1.82, 2.24) is 0 Å². The highest BCUT2D eigenvalue weighted by Crippen LogP contribution is 2.29. The third kappa shape index (κ3) is 4.90. The Morgan fingerprint density at radius 2 is 1.85 bits per heavy atom. The smallest absolute Gasteiger partial charge is 0.282 e. The SMILES string of the molecule is COc1cc(C)c(C[NH+](C)[C@H](C)C(=O)Nc2cccc(Cl)c2)cc1OC. The average molecular weight is 378 g/mol. The van der Waals surface area contributed by atoms with Gasteiger partial charge in [0.15, 0.2) is 17.5 Å². The second kappa shape index (κ2) is 8.92. The van der Waals surface area contributed by atoms with Crippen molar-refractivity contribution < 1.29 is 19.2 Å². The van der Waals surface area contributed by atoms with Crippen molar-refractivity contribution in [2.24, 2.45) is 0 Å². The lowest BCUT2D eigenvalue weighted by Crippen LogP contribution is -3.12. The molecule has 1 unspecified atom stereocenters. The van der Waals surface area contributed by atoms with E-state index in [9.17, 15) is 4.79 Å². The molecule has 0 aliphatic rings. The molecule has 2 atom stereocenters. The monoisotopic (exact) mass is 377 g/mol. The number of aryl methyl sites for hydroxylation is 1. The number of carbonyl (C=O) groups excluding carboxylic acids is 1. The first-order chi connectivity index (χ1) is 12.3. The largest absolute Gasteiger partial charge is 0.493 e. The lowest BCUT2D eigenvalue weighted by atomic mass is 10.1. The summed E-state index contributed by atoms with van der Waals surface area (Å²) in [5.74, 6) is 1.35. The van der Waals surface area contributed by atoms with Crippen molar-refractivity contribution in [3.8, 4) is 11.5 Å². The van der Waals surface area contributed by atoms with Gasteiger partial charge in [-0.3, -0.25) is 4.79 Å². The molecule has 0 saturated heterocycles. The van der Waals surface area contributed by atoms with Crippen molar-refractivity contribution in [3.63, 3.8) is 0 Å². The van der Waals surface area contributed by atoms with Gasteiger partial charge in [-0.15, -0.1) is 0 Å².